The molecule has 0 saturated carbocycles. The lowest BCUT2D eigenvalue weighted by Gasteiger charge is -2.05. The van der Waals surface area contributed by atoms with Gasteiger partial charge in [0.05, 0.1) is 0 Å². The van der Waals surface area contributed by atoms with Crippen molar-refractivity contribution in [3.8, 4) is 11.1 Å². The Morgan fingerprint density at radius 3 is 2.65 bits per heavy atom. The minimum Gasteiger partial charge on any atom is -0.0654 e. The summed E-state index contributed by atoms with van der Waals surface area (Å²) in [5.74, 6) is 0. The first kappa shape index (κ1) is 10.6. The zero-order chi connectivity index (χ0) is 11.7. The molecule has 1 aliphatic carbocycles. The van der Waals surface area contributed by atoms with E-state index in [1.54, 1.807) is 0 Å². The lowest BCUT2D eigenvalue weighted by atomic mass is 10.0. The van der Waals surface area contributed by atoms with Crippen LogP contribution in [0.2, 0.25) is 0 Å². The Balaban J connectivity index is 1.99. The van der Waals surface area contributed by atoms with Crippen LogP contribution in [0.15, 0.2) is 42.5 Å². The lowest BCUT2D eigenvalue weighted by Crippen LogP contribution is -1.87. The van der Waals surface area contributed by atoms with Gasteiger partial charge >= 0.3 is 0 Å². The van der Waals surface area contributed by atoms with Crippen molar-refractivity contribution in [2.24, 2.45) is 0 Å². The van der Waals surface area contributed by atoms with Gasteiger partial charge in [-0.15, -0.1) is 0 Å². The fourth-order valence-electron chi connectivity index (χ4n) is 2.71. The van der Waals surface area contributed by atoms with Crippen molar-refractivity contribution in [1.29, 1.82) is 0 Å². The topological polar surface area (TPSA) is 0 Å². The molecule has 1 aliphatic rings. The SMILES string of the molecule is CCCCc1ccc2c(c1)-c1ccccc1C2. The Labute approximate surface area is 103 Å². The molecule has 0 nitrogen and oxygen atoms in total. The van der Waals surface area contributed by atoms with Crippen LogP contribution in [0.25, 0.3) is 11.1 Å². The van der Waals surface area contributed by atoms with Crippen molar-refractivity contribution in [1.82, 2.24) is 0 Å². The van der Waals surface area contributed by atoms with E-state index < -0.39 is 0 Å². The standard InChI is InChI=1S/C17H18/c1-2-3-6-13-9-10-15-12-14-7-4-5-8-16(14)17(15)11-13/h4-5,7-11H,2-3,6,12H2,1H3. The largest absolute Gasteiger partial charge is 0.0654 e. The highest BCUT2D eigenvalue weighted by molar-refractivity contribution is 5.77. The van der Waals surface area contributed by atoms with Crippen molar-refractivity contribution >= 4 is 0 Å². The van der Waals surface area contributed by atoms with Crippen molar-refractivity contribution in [3.05, 3.63) is 59.2 Å². The summed E-state index contributed by atoms with van der Waals surface area (Å²) in [5.41, 5.74) is 7.37. The molecule has 0 atom stereocenters. The molecule has 3 rings (SSSR count). The van der Waals surface area contributed by atoms with Crippen LogP contribution in [0, 0.1) is 0 Å². The minimum absolute atomic E-state index is 1.11. The van der Waals surface area contributed by atoms with E-state index in [0.29, 0.717) is 0 Å². The number of unbranched alkanes of at least 4 members (excludes halogenated alkanes) is 1. The Morgan fingerprint density at radius 2 is 1.76 bits per heavy atom. The maximum absolute atomic E-state index is 2.40. The normalized spacial score (nSPS) is 12.3. The first-order valence-corrected chi connectivity index (χ1v) is 6.58. The summed E-state index contributed by atoms with van der Waals surface area (Å²) in [5, 5.41) is 0. The van der Waals surface area contributed by atoms with E-state index in [4.69, 9.17) is 0 Å². The summed E-state index contributed by atoms with van der Waals surface area (Å²) in [6, 6.07) is 15.8. The number of hydrogen-bond donors (Lipinski definition) is 0. The van der Waals surface area contributed by atoms with Crippen LogP contribution >= 0.6 is 0 Å². The van der Waals surface area contributed by atoms with E-state index in [1.807, 2.05) is 0 Å². The van der Waals surface area contributed by atoms with E-state index in [-0.39, 0.29) is 0 Å². The van der Waals surface area contributed by atoms with Gasteiger partial charge in [-0.2, -0.15) is 0 Å². The molecule has 0 N–H and O–H groups in total. The predicted octanol–water partition coefficient (Wildman–Crippen LogP) is 4.60. The van der Waals surface area contributed by atoms with E-state index in [1.165, 1.54) is 47.1 Å². The zero-order valence-electron chi connectivity index (χ0n) is 10.4. The number of rotatable bonds is 3. The molecule has 2 aromatic rings. The predicted molar refractivity (Wildman–Crippen MR) is 73.3 cm³/mol. The molecule has 2 aromatic carbocycles. The molecule has 0 amide bonds. The van der Waals surface area contributed by atoms with Crippen molar-refractivity contribution in [3.63, 3.8) is 0 Å². The Kier molecular flexibility index (Phi) is 2.72. The molecule has 0 unspecified atom stereocenters. The molecular formula is C17H18. The van der Waals surface area contributed by atoms with E-state index >= 15 is 0 Å². The van der Waals surface area contributed by atoms with Gasteiger partial charge < -0.3 is 0 Å². The van der Waals surface area contributed by atoms with Crippen molar-refractivity contribution in [2.45, 2.75) is 32.6 Å². The van der Waals surface area contributed by atoms with Gasteiger partial charge in [-0.05, 0) is 47.1 Å². The molecular weight excluding hydrogens is 204 g/mol. The summed E-state index contributed by atoms with van der Waals surface area (Å²) in [4.78, 5) is 0. The summed E-state index contributed by atoms with van der Waals surface area (Å²) in [6.07, 6.45) is 4.89. The Morgan fingerprint density at radius 1 is 0.941 bits per heavy atom. The average molecular weight is 222 g/mol. The van der Waals surface area contributed by atoms with Gasteiger partial charge in [-0.1, -0.05) is 55.8 Å². The molecule has 0 fully saturated rings. The second kappa shape index (κ2) is 4.37. The van der Waals surface area contributed by atoms with E-state index in [0.717, 1.165) is 6.42 Å². The van der Waals surface area contributed by atoms with Crippen LogP contribution in [0.4, 0.5) is 0 Å². The fraction of sp³-hybridized carbons (Fsp3) is 0.294. The first-order valence-electron chi connectivity index (χ1n) is 6.58. The van der Waals surface area contributed by atoms with E-state index in [2.05, 4.69) is 49.4 Å². The smallest absolute Gasteiger partial charge is 0.00135 e. The lowest BCUT2D eigenvalue weighted by molar-refractivity contribution is 0.795. The molecule has 0 heterocycles. The molecule has 17 heavy (non-hydrogen) atoms. The number of fused-ring (bicyclic) bond motifs is 3. The monoisotopic (exact) mass is 222 g/mol. The Hall–Kier alpha value is -1.56. The third-order valence-electron chi connectivity index (χ3n) is 3.68. The quantitative estimate of drug-likeness (QED) is 0.607. The van der Waals surface area contributed by atoms with Gasteiger partial charge in [0, 0.05) is 0 Å². The third-order valence-corrected chi connectivity index (χ3v) is 3.68. The third kappa shape index (κ3) is 1.88. The highest BCUT2D eigenvalue weighted by Crippen LogP contribution is 2.36. The number of aryl methyl sites for hydroxylation is 1. The van der Waals surface area contributed by atoms with Gasteiger partial charge in [-0.3, -0.25) is 0 Å². The maximum atomic E-state index is 2.40. The maximum Gasteiger partial charge on any atom is -0.00135 e. The van der Waals surface area contributed by atoms with E-state index in [9.17, 15) is 0 Å². The van der Waals surface area contributed by atoms with Crippen LogP contribution in [-0.2, 0) is 12.8 Å². The van der Waals surface area contributed by atoms with Gasteiger partial charge in [-0.25, -0.2) is 0 Å². The average Bonchev–Trinajstić information content (AvgIpc) is 2.74. The molecule has 0 bridgehead atoms. The van der Waals surface area contributed by atoms with Gasteiger partial charge in [0.25, 0.3) is 0 Å². The zero-order valence-corrected chi connectivity index (χ0v) is 10.4. The van der Waals surface area contributed by atoms with Crippen molar-refractivity contribution < 1.29 is 0 Å². The Bertz CT molecular complexity index is 537. The molecule has 0 heteroatoms. The van der Waals surface area contributed by atoms with Gasteiger partial charge in [0.1, 0.15) is 0 Å². The number of benzene rings is 2. The first-order chi connectivity index (χ1) is 8.38. The molecule has 0 aliphatic heterocycles. The summed E-state index contributed by atoms with van der Waals surface area (Å²) >= 11 is 0. The second-order valence-electron chi connectivity index (χ2n) is 4.93. The molecule has 0 aromatic heterocycles. The minimum atomic E-state index is 1.11. The summed E-state index contributed by atoms with van der Waals surface area (Å²) < 4.78 is 0. The van der Waals surface area contributed by atoms with Crippen LogP contribution in [0.1, 0.15) is 36.5 Å². The highest BCUT2D eigenvalue weighted by Gasteiger charge is 2.17. The second-order valence-corrected chi connectivity index (χ2v) is 4.93. The summed E-state index contributed by atoms with van der Waals surface area (Å²) in [6.45, 7) is 2.25. The van der Waals surface area contributed by atoms with Gasteiger partial charge in [0.2, 0.25) is 0 Å². The van der Waals surface area contributed by atoms with Crippen LogP contribution in [0.3, 0.4) is 0 Å². The van der Waals surface area contributed by atoms with Crippen molar-refractivity contribution in [2.75, 3.05) is 0 Å². The van der Waals surface area contributed by atoms with Crippen LogP contribution in [-0.4, -0.2) is 0 Å². The fourth-order valence-corrected chi connectivity index (χ4v) is 2.71. The van der Waals surface area contributed by atoms with Crippen LogP contribution < -0.4 is 0 Å². The van der Waals surface area contributed by atoms with Gasteiger partial charge in [0.15, 0.2) is 0 Å². The summed E-state index contributed by atoms with van der Waals surface area (Å²) in [7, 11) is 0. The molecule has 86 valence electrons. The molecule has 0 saturated heterocycles. The molecule has 0 radical (unpaired) electrons. The number of hydrogen-bond acceptors (Lipinski definition) is 0. The van der Waals surface area contributed by atoms with Crippen LogP contribution in [0.5, 0.6) is 0 Å². The highest BCUT2D eigenvalue weighted by atomic mass is 14.2. The molecule has 0 spiro atoms.